The van der Waals surface area contributed by atoms with Crippen molar-refractivity contribution in [3.05, 3.63) is 36.6 Å². The summed E-state index contributed by atoms with van der Waals surface area (Å²) in [4.78, 5) is 0. The maximum atomic E-state index is 8.67. The normalized spacial score (nSPS) is 11.0. The Kier molecular flexibility index (Phi) is 3.48. The number of hydrogen-bond acceptors (Lipinski definition) is 2. The van der Waals surface area contributed by atoms with Crippen LogP contribution in [0.3, 0.4) is 0 Å². The van der Waals surface area contributed by atoms with Crippen LogP contribution in [0.2, 0.25) is 0 Å². The van der Waals surface area contributed by atoms with Gasteiger partial charge in [-0.2, -0.15) is 0 Å². The minimum Gasteiger partial charge on any atom is -0.508 e. The first kappa shape index (κ1) is 7.98. The van der Waals surface area contributed by atoms with E-state index in [0.717, 1.165) is 0 Å². The molecule has 2 heteroatoms. The summed E-state index contributed by atoms with van der Waals surface area (Å²) in [6, 6.07) is 0. The lowest BCUT2D eigenvalue weighted by Gasteiger charge is -1.96. The Bertz CT molecular complexity index is 145. The lowest BCUT2D eigenvalue weighted by atomic mass is 10.2. The zero-order valence-corrected chi connectivity index (χ0v) is 5.17. The third-order valence-electron chi connectivity index (χ3n) is 0.860. The summed E-state index contributed by atoms with van der Waals surface area (Å²) in [5, 5.41) is 17.2. The molecule has 0 rings (SSSR count). The Balaban J connectivity index is 4.14. The van der Waals surface area contributed by atoms with Gasteiger partial charge in [-0.05, 0) is 0 Å². The molecule has 9 heavy (non-hydrogen) atoms. The molecule has 0 aromatic heterocycles. The Labute approximate surface area is 54.4 Å². The fourth-order valence-corrected chi connectivity index (χ4v) is 0.382. The van der Waals surface area contributed by atoms with Gasteiger partial charge in [0.25, 0.3) is 0 Å². The van der Waals surface area contributed by atoms with E-state index in [4.69, 9.17) is 10.2 Å². The minimum atomic E-state index is -0.207. The van der Waals surface area contributed by atoms with E-state index in [9.17, 15) is 0 Å². The molecule has 2 nitrogen and oxygen atoms in total. The van der Waals surface area contributed by atoms with Gasteiger partial charge in [-0.1, -0.05) is 25.3 Å². The van der Waals surface area contributed by atoms with E-state index in [1.165, 1.54) is 12.2 Å². The lowest BCUT2D eigenvalue weighted by molar-refractivity contribution is 0.315. The van der Waals surface area contributed by atoms with Crippen molar-refractivity contribution in [1.29, 1.82) is 0 Å². The highest BCUT2D eigenvalue weighted by Crippen LogP contribution is 2.01. The largest absolute Gasteiger partial charge is 0.508 e. The molecule has 0 aliphatic carbocycles. The average molecular weight is 126 g/mol. The van der Waals surface area contributed by atoms with Gasteiger partial charge >= 0.3 is 0 Å². The van der Waals surface area contributed by atoms with E-state index in [2.05, 4.69) is 13.2 Å². The molecule has 0 aliphatic rings. The second-order valence-corrected chi connectivity index (χ2v) is 1.53. The van der Waals surface area contributed by atoms with E-state index in [1.54, 1.807) is 0 Å². The quantitative estimate of drug-likeness (QED) is 0.440. The van der Waals surface area contributed by atoms with Crippen molar-refractivity contribution >= 4 is 0 Å². The van der Waals surface area contributed by atoms with Crippen LogP contribution in [0.4, 0.5) is 0 Å². The monoisotopic (exact) mass is 126 g/mol. The van der Waals surface area contributed by atoms with Gasteiger partial charge in [-0.15, -0.1) is 0 Å². The lowest BCUT2D eigenvalue weighted by Crippen LogP contribution is -1.91. The summed E-state index contributed by atoms with van der Waals surface area (Å²) in [5.41, 5.74) is 0.394. The molecule has 0 spiro atoms. The highest BCUT2D eigenvalue weighted by atomic mass is 16.3. The molecule has 0 aromatic rings. The van der Waals surface area contributed by atoms with Crippen LogP contribution in [0.15, 0.2) is 36.6 Å². The topological polar surface area (TPSA) is 40.5 Å². The molecule has 0 aliphatic heterocycles. The van der Waals surface area contributed by atoms with E-state index < -0.39 is 0 Å². The molecule has 0 atom stereocenters. The summed E-state index contributed by atoms with van der Waals surface area (Å²) >= 11 is 0. The Morgan fingerprint density at radius 1 is 1.56 bits per heavy atom. The van der Waals surface area contributed by atoms with Crippen LogP contribution in [-0.2, 0) is 0 Å². The van der Waals surface area contributed by atoms with E-state index in [-0.39, 0.29) is 12.4 Å². The van der Waals surface area contributed by atoms with Crippen LogP contribution in [-0.4, -0.2) is 16.8 Å². The highest BCUT2D eigenvalue weighted by molar-refractivity contribution is 5.25. The van der Waals surface area contributed by atoms with Gasteiger partial charge in [-0.3, -0.25) is 0 Å². The van der Waals surface area contributed by atoms with Crippen LogP contribution in [0.1, 0.15) is 0 Å². The fraction of sp³-hybridized carbons (Fsp3) is 0.143. The Hall–Kier alpha value is -1.02. The number of rotatable bonds is 3. The standard InChI is InChI=1S/C7H10O2/c1-3-4-7(5-8)6(2)9/h3-4,8-9H,1-2,5H2/b7-4-. The van der Waals surface area contributed by atoms with Gasteiger partial charge in [0.1, 0.15) is 5.76 Å². The summed E-state index contributed by atoms with van der Waals surface area (Å²) in [7, 11) is 0. The highest BCUT2D eigenvalue weighted by Gasteiger charge is 1.94. The molecule has 0 saturated heterocycles. The van der Waals surface area contributed by atoms with Crippen LogP contribution < -0.4 is 0 Å². The summed E-state index contributed by atoms with van der Waals surface area (Å²) in [5.74, 6) is -0.114. The summed E-state index contributed by atoms with van der Waals surface area (Å²) in [6.45, 7) is 6.41. The smallest absolute Gasteiger partial charge is 0.113 e. The van der Waals surface area contributed by atoms with Crippen molar-refractivity contribution in [2.45, 2.75) is 0 Å². The summed E-state index contributed by atoms with van der Waals surface area (Å²) < 4.78 is 0. The van der Waals surface area contributed by atoms with Gasteiger partial charge in [0, 0.05) is 5.57 Å². The van der Waals surface area contributed by atoms with Gasteiger partial charge in [-0.25, -0.2) is 0 Å². The molecule has 0 radical (unpaired) electrons. The predicted molar refractivity (Wildman–Crippen MR) is 37.1 cm³/mol. The molecule has 0 heterocycles. The number of allylic oxidation sites excluding steroid dienone is 2. The van der Waals surface area contributed by atoms with Crippen LogP contribution in [0, 0.1) is 0 Å². The van der Waals surface area contributed by atoms with Gasteiger partial charge < -0.3 is 10.2 Å². The molecular weight excluding hydrogens is 116 g/mol. The molecule has 0 unspecified atom stereocenters. The maximum Gasteiger partial charge on any atom is 0.113 e. The van der Waals surface area contributed by atoms with Crippen molar-refractivity contribution in [1.82, 2.24) is 0 Å². The van der Waals surface area contributed by atoms with Gasteiger partial charge in [0.15, 0.2) is 0 Å². The minimum absolute atomic E-state index is 0.114. The molecular formula is C7H10O2. The zero-order chi connectivity index (χ0) is 7.28. The number of aliphatic hydroxyl groups excluding tert-OH is 2. The summed E-state index contributed by atoms with van der Waals surface area (Å²) in [6.07, 6.45) is 2.98. The molecule has 0 bridgehead atoms. The maximum absolute atomic E-state index is 8.67. The molecule has 50 valence electrons. The van der Waals surface area contributed by atoms with E-state index in [1.807, 2.05) is 0 Å². The van der Waals surface area contributed by atoms with Crippen LogP contribution >= 0.6 is 0 Å². The second-order valence-electron chi connectivity index (χ2n) is 1.53. The fourth-order valence-electron chi connectivity index (χ4n) is 0.382. The molecule has 0 aromatic carbocycles. The van der Waals surface area contributed by atoms with Crippen molar-refractivity contribution in [2.24, 2.45) is 0 Å². The van der Waals surface area contributed by atoms with Crippen molar-refractivity contribution < 1.29 is 10.2 Å². The third kappa shape index (κ3) is 2.72. The Morgan fingerprint density at radius 2 is 2.11 bits per heavy atom. The molecule has 0 saturated carbocycles. The average Bonchev–Trinajstić information content (AvgIpc) is 1.82. The van der Waals surface area contributed by atoms with E-state index >= 15 is 0 Å². The van der Waals surface area contributed by atoms with Crippen molar-refractivity contribution in [2.75, 3.05) is 6.61 Å². The van der Waals surface area contributed by atoms with E-state index in [0.29, 0.717) is 5.57 Å². The molecule has 2 N–H and O–H groups in total. The number of aliphatic hydroxyl groups is 2. The third-order valence-corrected chi connectivity index (χ3v) is 0.860. The van der Waals surface area contributed by atoms with Gasteiger partial charge in [0.05, 0.1) is 6.61 Å². The molecule has 0 amide bonds. The zero-order valence-electron chi connectivity index (χ0n) is 5.17. The van der Waals surface area contributed by atoms with Crippen molar-refractivity contribution in [3.8, 4) is 0 Å². The second kappa shape index (κ2) is 3.92. The van der Waals surface area contributed by atoms with Crippen LogP contribution in [0.25, 0.3) is 0 Å². The van der Waals surface area contributed by atoms with Crippen LogP contribution in [0.5, 0.6) is 0 Å². The Morgan fingerprint density at radius 3 is 2.22 bits per heavy atom. The molecule has 0 fully saturated rings. The first-order valence-electron chi connectivity index (χ1n) is 2.53. The first-order valence-corrected chi connectivity index (χ1v) is 2.53. The first-order chi connectivity index (χ1) is 4.22. The van der Waals surface area contributed by atoms with Gasteiger partial charge in [0.2, 0.25) is 0 Å². The predicted octanol–water partition coefficient (Wildman–Crippen LogP) is 1.16. The van der Waals surface area contributed by atoms with Crippen molar-refractivity contribution in [3.63, 3.8) is 0 Å². The number of hydrogen-bond donors (Lipinski definition) is 2. The SMILES string of the molecule is C=C/C=C(/CO)C(=C)O.